The molecule has 0 aliphatic heterocycles. The van der Waals surface area contributed by atoms with Gasteiger partial charge in [0, 0.05) is 15.4 Å². The van der Waals surface area contributed by atoms with E-state index in [1.54, 1.807) is 6.08 Å². The highest BCUT2D eigenvalue weighted by molar-refractivity contribution is 9.10. The summed E-state index contributed by atoms with van der Waals surface area (Å²) in [6, 6.07) is 11.3. The number of benzene rings is 1. The molecule has 0 saturated heterocycles. The van der Waals surface area contributed by atoms with Crippen LogP contribution in [0, 0.1) is 0 Å². The number of amides is 1. The fourth-order valence-electron chi connectivity index (χ4n) is 1.84. The average molecular weight is 394 g/mol. The summed E-state index contributed by atoms with van der Waals surface area (Å²) >= 11 is 4.88. The molecule has 0 bridgehead atoms. The number of halogens is 1. The van der Waals surface area contributed by atoms with Crippen LogP contribution in [0.25, 0.3) is 6.08 Å². The van der Waals surface area contributed by atoms with Gasteiger partial charge in [0.1, 0.15) is 0 Å². The van der Waals surface area contributed by atoms with E-state index in [4.69, 9.17) is 4.74 Å². The van der Waals surface area contributed by atoms with Gasteiger partial charge in [-0.1, -0.05) is 34.1 Å². The van der Waals surface area contributed by atoms with Crippen LogP contribution in [0.3, 0.4) is 0 Å². The maximum Gasteiger partial charge on any atom is 0.331 e. The molecule has 0 aliphatic carbocycles. The molecule has 0 saturated carbocycles. The van der Waals surface area contributed by atoms with E-state index in [-0.39, 0.29) is 18.6 Å². The van der Waals surface area contributed by atoms with Gasteiger partial charge >= 0.3 is 5.97 Å². The number of ether oxygens (including phenoxy) is 1. The Hall–Kier alpha value is -1.92. The molecular weight excluding hydrogens is 378 g/mol. The summed E-state index contributed by atoms with van der Waals surface area (Å²) in [5.74, 6) is -0.872. The third-order valence-electron chi connectivity index (χ3n) is 3.02. The molecule has 1 aromatic heterocycles. The predicted octanol–water partition coefficient (Wildman–Crippen LogP) is 3.94. The Morgan fingerprint density at radius 2 is 2.04 bits per heavy atom. The third kappa shape index (κ3) is 6.00. The lowest BCUT2D eigenvalue weighted by molar-refractivity contribution is -0.144. The molecule has 23 heavy (non-hydrogen) atoms. The summed E-state index contributed by atoms with van der Waals surface area (Å²) in [7, 11) is 0. The number of hydrogen-bond donors (Lipinski definition) is 1. The van der Waals surface area contributed by atoms with E-state index in [0.29, 0.717) is 0 Å². The molecule has 0 unspecified atom stereocenters. The first-order valence-corrected chi connectivity index (χ1v) is 8.65. The standard InChI is InChI=1S/C17H16BrNO3S/c1-12(13-4-6-14(18)7-5-13)19-16(20)11-22-17(21)9-8-15-3-2-10-23-15/h2-10,12H,11H2,1H3,(H,19,20)/b9-8+/t12-/m0/s1. The van der Waals surface area contributed by atoms with Crippen molar-refractivity contribution in [2.75, 3.05) is 6.61 Å². The van der Waals surface area contributed by atoms with Crippen LogP contribution in [0.4, 0.5) is 0 Å². The van der Waals surface area contributed by atoms with Gasteiger partial charge in [-0.15, -0.1) is 11.3 Å². The molecule has 0 spiro atoms. The second kappa shape index (κ2) is 8.64. The Kier molecular flexibility index (Phi) is 6.55. The molecule has 2 aromatic rings. The fourth-order valence-corrected chi connectivity index (χ4v) is 2.72. The number of nitrogens with one attached hydrogen (secondary N) is 1. The molecule has 1 heterocycles. The highest BCUT2D eigenvalue weighted by atomic mass is 79.9. The van der Waals surface area contributed by atoms with E-state index in [1.807, 2.05) is 48.7 Å². The zero-order valence-corrected chi connectivity index (χ0v) is 14.9. The zero-order chi connectivity index (χ0) is 16.7. The topological polar surface area (TPSA) is 55.4 Å². The second-order valence-electron chi connectivity index (χ2n) is 4.80. The lowest BCUT2D eigenvalue weighted by atomic mass is 10.1. The van der Waals surface area contributed by atoms with E-state index in [9.17, 15) is 9.59 Å². The fraction of sp³-hybridized carbons (Fsp3) is 0.176. The molecule has 1 amide bonds. The van der Waals surface area contributed by atoms with Crippen LogP contribution >= 0.6 is 27.3 Å². The van der Waals surface area contributed by atoms with E-state index in [2.05, 4.69) is 21.2 Å². The van der Waals surface area contributed by atoms with E-state index in [1.165, 1.54) is 17.4 Å². The van der Waals surface area contributed by atoms with Crippen LogP contribution in [-0.4, -0.2) is 18.5 Å². The Labute approximate surface area is 147 Å². The lowest BCUT2D eigenvalue weighted by Gasteiger charge is -2.14. The minimum atomic E-state index is -0.537. The van der Waals surface area contributed by atoms with Crippen LogP contribution in [0.1, 0.15) is 23.4 Å². The Balaban J connectivity index is 1.76. The summed E-state index contributed by atoms with van der Waals surface area (Å²) in [6.07, 6.45) is 2.98. The average Bonchev–Trinajstić information content (AvgIpc) is 3.05. The Morgan fingerprint density at radius 1 is 1.30 bits per heavy atom. The molecule has 2 rings (SSSR count). The first kappa shape index (κ1) is 17.4. The molecule has 1 aromatic carbocycles. The van der Waals surface area contributed by atoms with Gasteiger partial charge in [-0.3, -0.25) is 4.79 Å². The predicted molar refractivity (Wildman–Crippen MR) is 95.0 cm³/mol. The minimum absolute atomic E-state index is 0.157. The van der Waals surface area contributed by atoms with Gasteiger partial charge in [0.25, 0.3) is 5.91 Å². The van der Waals surface area contributed by atoms with Crippen molar-refractivity contribution >= 4 is 45.2 Å². The smallest absolute Gasteiger partial charge is 0.331 e. The number of carbonyl (C=O) groups excluding carboxylic acids is 2. The molecule has 0 aliphatic rings. The lowest BCUT2D eigenvalue weighted by Crippen LogP contribution is -2.30. The number of esters is 1. The van der Waals surface area contributed by atoms with Crippen LogP contribution in [0.2, 0.25) is 0 Å². The molecule has 120 valence electrons. The van der Waals surface area contributed by atoms with Crippen molar-refractivity contribution < 1.29 is 14.3 Å². The largest absolute Gasteiger partial charge is 0.452 e. The van der Waals surface area contributed by atoms with Crippen LogP contribution in [-0.2, 0) is 14.3 Å². The van der Waals surface area contributed by atoms with Crippen molar-refractivity contribution in [3.05, 3.63) is 62.8 Å². The van der Waals surface area contributed by atoms with Gasteiger partial charge in [-0.2, -0.15) is 0 Å². The van der Waals surface area contributed by atoms with Crippen molar-refractivity contribution in [3.8, 4) is 0 Å². The van der Waals surface area contributed by atoms with Gasteiger partial charge in [-0.05, 0) is 42.1 Å². The zero-order valence-electron chi connectivity index (χ0n) is 12.5. The van der Waals surface area contributed by atoms with Crippen LogP contribution in [0.15, 0.2) is 52.3 Å². The summed E-state index contributed by atoms with van der Waals surface area (Å²) in [6.45, 7) is 1.58. The Morgan fingerprint density at radius 3 is 2.70 bits per heavy atom. The second-order valence-corrected chi connectivity index (χ2v) is 6.69. The Bertz CT molecular complexity index is 680. The first-order chi connectivity index (χ1) is 11.0. The van der Waals surface area contributed by atoms with E-state index in [0.717, 1.165) is 14.9 Å². The van der Waals surface area contributed by atoms with Gasteiger partial charge in [-0.25, -0.2) is 4.79 Å². The summed E-state index contributed by atoms with van der Waals surface area (Å²) in [4.78, 5) is 24.3. The molecule has 1 atom stereocenters. The minimum Gasteiger partial charge on any atom is -0.452 e. The first-order valence-electron chi connectivity index (χ1n) is 6.98. The number of thiophene rings is 1. The SMILES string of the molecule is C[C@H](NC(=O)COC(=O)/C=C/c1cccs1)c1ccc(Br)cc1. The quantitative estimate of drug-likeness (QED) is 0.597. The maximum atomic E-state index is 11.8. The normalized spacial score (nSPS) is 12.1. The van der Waals surface area contributed by atoms with Crippen molar-refractivity contribution in [1.82, 2.24) is 5.32 Å². The third-order valence-corrected chi connectivity index (χ3v) is 4.39. The van der Waals surface area contributed by atoms with Gasteiger partial charge in [0.05, 0.1) is 6.04 Å². The highest BCUT2D eigenvalue weighted by Gasteiger charge is 2.11. The molecule has 1 N–H and O–H groups in total. The van der Waals surface area contributed by atoms with Gasteiger partial charge in [0.15, 0.2) is 6.61 Å². The summed E-state index contributed by atoms with van der Waals surface area (Å²) < 4.78 is 5.90. The summed E-state index contributed by atoms with van der Waals surface area (Å²) in [5, 5.41) is 4.71. The van der Waals surface area contributed by atoms with Crippen LogP contribution < -0.4 is 5.32 Å². The molecule has 6 heteroatoms. The van der Waals surface area contributed by atoms with Crippen LogP contribution in [0.5, 0.6) is 0 Å². The van der Waals surface area contributed by atoms with Crippen molar-refractivity contribution in [2.24, 2.45) is 0 Å². The number of rotatable bonds is 6. The van der Waals surface area contributed by atoms with Gasteiger partial charge < -0.3 is 10.1 Å². The van der Waals surface area contributed by atoms with Gasteiger partial charge in [0.2, 0.25) is 0 Å². The maximum absolute atomic E-state index is 11.8. The summed E-state index contributed by atoms with van der Waals surface area (Å²) in [5.41, 5.74) is 0.977. The van der Waals surface area contributed by atoms with Crippen molar-refractivity contribution in [2.45, 2.75) is 13.0 Å². The van der Waals surface area contributed by atoms with E-state index < -0.39 is 5.97 Å². The number of carbonyl (C=O) groups is 2. The molecule has 4 nitrogen and oxygen atoms in total. The molecular formula is C17H16BrNO3S. The van der Waals surface area contributed by atoms with Crippen molar-refractivity contribution in [1.29, 1.82) is 0 Å². The molecule has 0 radical (unpaired) electrons. The highest BCUT2D eigenvalue weighted by Crippen LogP contribution is 2.16. The van der Waals surface area contributed by atoms with Crippen molar-refractivity contribution in [3.63, 3.8) is 0 Å². The van der Waals surface area contributed by atoms with E-state index >= 15 is 0 Å². The monoisotopic (exact) mass is 393 g/mol. The number of hydrogen-bond acceptors (Lipinski definition) is 4. The molecule has 0 fully saturated rings.